The lowest BCUT2D eigenvalue weighted by molar-refractivity contribution is 0.0992. The summed E-state index contributed by atoms with van der Waals surface area (Å²) in [6.45, 7) is 0.527. The second-order valence-corrected chi connectivity index (χ2v) is 5.81. The highest BCUT2D eigenvalue weighted by Gasteiger charge is 2.17. The summed E-state index contributed by atoms with van der Waals surface area (Å²) in [5.74, 6) is -2.18. The Kier molecular flexibility index (Phi) is 6.55. The van der Waals surface area contributed by atoms with Crippen LogP contribution in [0.15, 0.2) is 36.4 Å². The third-order valence-corrected chi connectivity index (χ3v) is 3.81. The Morgan fingerprint density at radius 3 is 2.62 bits per heavy atom. The Morgan fingerprint density at radius 1 is 1.12 bits per heavy atom. The molecule has 1 amide bonds. The number of carbonyl (C=O) groups is 1. The van der Waals surface area contributed by atoms with Gasteiger partial charge in [-0.25, -0.2) is 8.78 Å². The number of aryl methyl sites for hydroxylation is 1. The number of amides is 1. The molecule has 0 radical (unpaired) electrons. The summed E-state index contributed by atoms with van der Waals surface area (Å²) >= 11 is 5.86. The number of nitrogens with two attached hydrogens (primary N) is 1. The second kappa shape index (κ2) is 8.64. The average molecular weight is 354 g/mol. The molecule has 0 saturated heterocycles. The molecule has 0 atom stereocenters. The van der Waals surface area contributed by atoms with E-state index < -0.39 is 23.1 Å². The van der Waals surface area contributed by atoms with E-state index in [0.717, 1.165) is 18.9 Å². The van der Waals surface area contributed by atoms with Crippen molar-refractivity contribution in [1.82, 2.24) is 0 Å². The first-order valence-corrected chi connectivity index (χ1v) is 8.02. The van der Waals surface area contributed by atoms with E-state index in [1.54, 1.807) is 12.1 Å². The highest BCUT2D eigenvalue weighted by Crippen LogP contribution is 2.20. The molecule has 24 heavy (non-hydrogen) atoms. The van der Waals surface area contributed by atoms with Gasteiger partial charge in [0.15, 0.2) is 0 Å². The van der Waals surface area contributed by atoms with E-state index in [9.17, 15) is 13.6 Å². The van der Waals surface area contributed by atoms with Crippen LogP contribution in [0.25, 0.3) is 0 Å². The molecule has 0 aliphatic heterocycles. The summed E-state index contributed by atoms with van der Waals surface area (Å²) in [6, 6.07) is 9.56. The van der Waals surface area contributed by atoms with E-state index in [1.807, 2.05) is 12.1 Å². The minimum atomic E-state index is -1.10. The minimum Gasteiger partial charge on any atom is -0.494 e. The van der Waals surface area contributed by atoms with Crippen molar-refractivity contribution in [2.75, 3.05) is 6.61 Å². The van der Waals surface area contributed by atoms with Crippen LogP contribution in [0.4, 0.5) is 8.78 Å². The molecule has 0 aliphatic carbocycles. The Bertz CT molecular complexity index is 722. The van der Waals surface area contributed by atoms with Crippen LogP contribution in [0.5, 0.6) is 5.75 Å². The second-order valence-electron chi connectivity index (χ2n) is 5.38. The molecular formula is C18H18ClF2NO2. The topological polar surface area (TPSA) is 52.3 Å². The number of hydrogen-bond acceptors (Lipinski definition) is 2. The molecule has 2 aromatic carbocycles. The van der Waals surface area contributed by atoms with Gasteiger partial charge in [-0.15, -0.1) is 0 Å². The van der Waals surface area contributed by atoms with Crippen LogP contribution in [0, 0.1) is 11.6 Å². The number of ether oxygens (including phenoxy) is 1. The van der Waals surface area contributed by atoms with Crippen molar-refractivity contribution in [2.45, 2.75) is 25.7 Å². The standard InChI is InChI=1S/C18H18ClF2NO2/c19-13-6-4-7-14(11-13)24-10-3-1-2-5-12-8-9-15(20)16(17(12)21)18(22)23/h4,6-9,11H,1-3,5,10H2,(H2,22,23). The van der Waals surface area contributed by atoms with Crippen LogP contribution in [0.1, 0.15) is 35.2 Å². The van der Waals surface area contributed by atoms with Crippen molar-refractivity contribution >= 4 is 17.5 Å². The summed E-state index contributed by atoms with van der Waals surface area (Å²) in [5.41, 5.74) is 4.62. The summed E-state index contributed by atoms with van der Waals surface area (Å²) in [5, 5.41) is 0.615. The number of primary amides is 1. The molecular weight excluding hydrogens is 336 g/mol. The largest absolute Gasteiger partial charge is 0.494 e. The maximum Gasteiger partial charge on any atom is 0.254 e. The molecule has 6 heteroatoms. The zero-order chi connectivity index (χ0) is 17.5. The highest BCUT2D eigenvalue weighted by molar-refractivity contribution is 6.30. The fourth-order valence-corrected chi connectivity index (χ4v) is 2.54. The zero-order valence-electron chi connectivity index (χ0n) is 13.0. The van der Waals surface area contributed by atoms with Crippen LogP contribution in [-0.4, -0.2) is 12.5 Å². The van der Waals surface area contributed by atoms with Gasteiger partial charge in [-0.2, -0.15) is 0 Å². The van der Waals surface area contributed by atoms with E-state index in [1.165, 1.54) is 6.07 Å². The molecule has 0 aliphatic rings. The maximum atomic E-state index is 14.0. The van der Waals surface area contributed by atoms with Gasteiger partial charge in [0.1, 0.15) is 22.9 Å². The van der Waals surface area contributed by atoms with Gasteiger partial charge in [-0.3, -0.25) is 4.79 Å². The van der Waals surface area contributed by atoms with Gasteiger partial charge in [0.25, 0.3) is 5.91 Å². The molecule has 0 saturated carbocycles. The molecule has 2 N–H and O–H groups in total. The van der Waals surface area contributed by atoms with Gasteiger partial charge < -0.3 is 10.5 Å². The SMILES string of the molecule is NC(=O)c1c(F)ccc(CCCCCOc2cccc(Cl)c2)c1F. The predicted molar refractivity (Wildman–Crippen MR) is 89.4 cm³/mol. The summed E-state index contributed by atoms with van der Waals surface area (Å²) < 4.78 is 33.0. The van der Waals surface area contributed by atoms with Crippen LogP contribution >= 0.6 is 11.6 Å². The first-order chi connectivity index (χ1) is 11.5. The number of carbonyl (C=O) groups excluding carboxylic acids is 1. The number of rotatable bonds is 8. The van der Waals surface area contributed by atoms with Crippen LogP contribution < -0.4 is 10.5 Å². The van der Waals surface area contributed by atoms with Gasteiger partial charge in [0, 0.05) is 5.02 Å². The van der Waals surface area contributed by atoms with Crippen molar-refractivity contribution in [3.63, 3.8) is 0 Å². The lowest BCUT2D eigenvalue weighted by Gasteiger charge is -2.08. The van der Waals surface area contributed by atoms with Crippen LogP contribution in [-0.2, 0) is 6.42 Å². The molecule has 0 unspecified atom stereocenters. The molecule has 0 aromatic heterocycles. The summed E-state index contributed by atoms with van der Waals surface area (Å²) in [7, 11) is 0. The number of halogens is 3. The molecule has 0 bridgehead atoms. The molecule has 3 nitrogen and oxygen atoms in total. The van der Waals surface area contributed by atoms with E-state index >= 15 is 0 Å². The highest BCUT2D eigenvalue weighted by atomic mass is 35.5. The summed E-state index contributed by atoms with van der Waals surface area (Å²) in [4.78, 5) is 11.1. The molecule has 2 aromatic rings. The van der Waals surface area contributed by atoms with Gasteiger partial charge in [-0.05, 0) is 55.5 Å². The molecule has 128 valence electrons. The molecule has 0 fully saturated rings. The van der Waals surface area contributed by atoms with Crippen molar-refractivity contribution in [3.8, 4) is 5.75 Å². The fraction of sp³-hybridized carbons (Fsp3) is 0.278. The van der Waals surface area contributed by atoms with E-state index in [2.05, 4.69) is 0 Å². The Morgan fingerprint density at radius 2 is 1.92 bits per heavy atom. The van der Waals surface area contributed by atoms with Crippen molar-refractivity contribution in [1.29, 1.82) is 0 Å². The lowest BCUT2D eigenvalue weighted by atomic mass is 10.0. The lowest BCUT2D eigenvalue weighted by Crippen LogP contribution is -2.16. The molecule has 0 spiro atoms. The van der Waals surface area contributed by atoms with E-state index in [-0.39, 0.29) is 0 Å². The predicted octanol–water partition coefficient (Wildman–Crippen LogP) is 4.51. The number of hydrogen-bond donors (Lipinski definition) is 1. The third-order valence-electron chi connectivity index (χ3n) is 3.57. The Hall–Kier alpha value is -2.14. The van der Waals surface area contributed by atoms with Gasteiger partial charge in [0.2, 0.25) is 0 Å². The van der Waals surface area contributed by atoms with E-state index in [0.29, 0.717) is 35.8 Å². The summed E-state index contributed by atoms with van der Waals surface area (Å²) in [6.07, 6.45) is 2.70. The smallest absolute Gasteiger partial charge is 0.254 e. The molecule has 0 heterocycles. The Labute approximate surface area is 144 Å². The zero-order valence-corrected chi connectivity index (χ0v) is 13.8. The normalized spacial score (nSPS) is 10.6. The molecule has 2 rings (SSSR count). The quantitative estimate of drug-likeness (QED) is 0.710. The monoisotopic (exact) mass is 353 g/mol. The number of benzene rings is 2. The van der Waals surface area contributed by atoms with Crippen LogP contribution in [0.2, 0.25) is 5.02 Å². The fourth-order valence-electron chi connectivity index (χ4n) is 2.36. The van der Waals surface area contributed by atoms with E-state index in [4.69, 9.17) is 22.1 Å². The van der Waals surface area contributed by atoms with Gasteiger partial charge >= 0.3 is 0 Å². The van der Waals surface area contributed by atoms with Gasteiger partial charge in [-0.1, -0.05) is 23.7 Å². The minimum absolute atomic E-state index is 0.293. The van der Waals surface area contributed by atoms with Gasteiger partial charge in [0.05, 0.1) is 6.61 Å². The van der Waals surface area contributed by atoms with Crippen molar-refractivity contribution in [2.24, 2.45) is 5.73 Å². The third kappa shape index (κ3) is 4.93. The number of unbranched alkanes of at least 4 members (excludes halogenated alkanes) is 2. The first kappa shape index (κ1) is 18.2. The van der Waals surface area contributed by atoms with Crippen LogP contribution in [0.3, 0.4) is 0 Å². The maximum absolute atomic E-state index is 14.0. The average Bonchev–Trinajstić information content (AvgIpc) is 2.52. The van der Waals surface area contributed by atoms with Crippen molar-refractivity contribution < 1.29 is 18.3 Å². The Balaban J connectivity index is 1.77. The van der Waals surface area contributed by atoms with Crippen molar-refractivity contribution in [3.05, 3.63) is 64.2 Å². The first-order valence-electron chi connectivity index (χ1n) is 7.64.